The topological polar surface area (TPSA) is 76.1 Å². The van der Waals surface area contributed by atoms with E-state index in [1.165, 1.54) is 30.6 Å². The molecule has 22 heavy (non-hydrogen) atoms. The monoisotopic (exact) mass is 322 g/mol. The predicted molar refractivity (Wildman–Crippen MR) is 84.1 cm³/mol. The maximum atomic E-state index is 12.2. The van der Waals surface area contributed by atoms with Gasteiger partial charge >= 0.3 is 6.03 Å². The van der Waals surface area contributed by atoms with Crippen molar-refractivity contribution in [2.24, 2.45) is 5.41 Å². The minimum Gasteiger partial charge on any atom is -0.378 e. The van der Waals surface area contributed by atoms with E-state index in [1.807, 2.05) is 6.92 Å². The molecule has 2 amide bonds. The van der Waals surface area contributed by atoms with E-state index in [9.17, 15) is 4.79 Å². The zero-order chi connectivity index (χ0) is 15.2. The molecule has 7 heteroatoms. The van der Waals surface area contributed by atoms with E-state index in [0.717, 1.165) is 30.9 Å². The number of amides is 2. The molecule has 1 aromatic rings. The number of hydrogen-bond acceptors (Lipinski definition) is 5. The number of urea groups is 1. The average molecular weight is 322 g/mol. The van der Waals surface area contributed by atoms with Crippen LogP contribution < -0.4 is 10.6 Å². The molecule has 1 spiro atoms. The van der Waals surface area contributed by atoms with Crippen molar-refractivity contribution in [1.29, 1.82) is 0 Å². The molecule has 6 nitrogen and oxygen atoms in total. The molecule has 1 heterocycles. The van der Waals surface area contributed by atoms with Gasteiger partial charge in [0.2, 0.25) is 5.13 Å². The molecule has 0 bridgehead atoms. The zero-order valence-corrected chi connectivity index (χ0v) is 13.6. The minimum absolute atomic E-state index is 0.162. The summed E-state index contributed by atoms with van der Waals surface area (Å²) in [6.45, 7) is 2.78. The van der Waals surface area contributed by atoms with Crippen LogP contribution in [0.15, 0.2) is 0 Å². The molecular weight excluding hydrogens is 300 g/mol. The maximum Gasteiger partial charge on any atom is 0.321 e. The lowest BCUT2D eigenvalue weighted by atomic mass is 9.51. The average Bonchev–Trinajstić information content (AvgIpc) is 3.17. The largest absolute Gasteiger partial charge is 0.378 e. The zero-order valence-electron chi connectivity index (χ0n) is 12.8. The summed E-state index contributed by atoms with van der Waals surface area (Å²) < 4.78 is 5.81. The summed E-state index contributed by atoms with van der Waals surface area (Å²) in [7, 11) is 0. The molecule has 3 aliphatic rings. The quantitative estimate of drug-likeness (QED) is 0.874. The first-order valence-corrected chi connectivity index (χ1v) is 9.05. The Labute approximate surface area is 134 Å². The van der Waals surface area contributed by atoms with Crippen LogP contribution in [-0.4, -0.2) is 35.0 Å². The Morgan fingerprint density at radius 3 is 2.86 bits per heavy atom. The van der Waals surface area contributed by atoms with E-state index in [4.69, 9.17) is 4.74 Å². The molecule has 3 fully saturated rings. The molecule has 2 N–H and O–H groups in total. The van der Waals surface area contributed by atoms with Gasteiger partial charge in [-0.2, -0.15) is 0 Å². The molecule has 0 saturated heterocycles. The Balaban J connectivity index is 1.32. The van der Waals surface area contributed by atoms with Crippen molar-refractivity contribution >= 4 is 22.5 Å². The summed E-state index contributed by atoms with van der Waals surface area (Å²) in [6, 6.07) is 0.0679. The number of ether oxygens (including phenoxy) is 1. The van der Waals surface area contributed by atoms with Crippen LogP contribution in [0, 0.1) is 5.41 Å². The summed E-state index contributed by atoms with van der Waals surface area (Å²) in [5, 5.41) is 15.8. The highest BCUT2D eigenvalue weighted by molar-refractivity contribution is 7.15. The number of nitrogens with zero attached hydrogens (tertiary/aromatic N) is 2. The van der Waals surface area contributed by atoms with Gasteiger partial charge in [-0.1, -0.05) is 17.8 Å². The van der Waals surface area contributed by atoms with Crippen LogP contribution in [0.3, 0.4) is 0 Å². The fourth-order valence-electron chi connectivity index (χ4n) is 3.71. The van der Waals surface area contributed by atoms with Crippen LogP contribution in [0.25, 0.3) is 0 Å². The van der Waals surface area contributed by atoms with E-state index in [1.54, 1.807) is 0 Å². The number of carbonyl (C=O) groups excluding carboxylic acids is 1. The third-order valence-corrected chi connectivity index (χ3v) is 6.33. The summed E-state index contributed by atoms with van der Waals surface area (Å²) in [4.78, 5) is 12.2. The number of hydrogen-bond donors (Lipinski definition) is 2. The van der Waals surface area contributed by atoms with E-state index >= 15 is 0 Å². The number of nitrogens with one attached hydrogen (secondary N) is 2. The van der Waals surface area contributed by atoms with Crippen LogP contribution in [0.4, 0.5) is 9.93 Å². The third-order valence-electron chi connectivity index (χ3n) is 5.33. The second-order valence-corrected chi connectivity index (χ2v) is 7.65. The van der Waals surface area contributed by atoms with Crippen molar-refractivity contribution in [1.82, 2.24) is 15.5 Å². The van der Waals surface area contributed by atoms with Gasteiger partial charge in [-0.3, -0.25) is 5.32 Å². The van der Waals surface area contributed by atoms with Crippen molar-refractivity contribution in [2.75, 3.05) is 11.9 Å². The Kier molecular flexibility index (Phi) is 3.57. The normalized spacial score (nSPS) is 28.8. The van der Waals surface area contributed by atoms with Crippen LogP contribution in [0.2, 0.25) is 0 Å². The summed E-state index contributed by atoms with van der Waals surface area (Å²) in [5.41, 5.74) is 0.188. The molecule has 0 aliphatic heterocycles. The smallest absolute Gasteiger partial charge is 0.321 e. The molecule has 120 valence electrons. The summed E-state index contributed by atoms with van der Waals surface area (Å²) in [5.74, 6) is 0.577. The molecule has 0 radical (unpaired) electrons. The van der Waals surface area contributed by atoms with Gasteiger partial charge in [0.1, 0.15) is 5.01 Å². The van der Waals surface area contributed by atoms with Crippen LogP contribution in [-0.2, 0) is 4.74 Å². The lowest BCUT2D eigenvalue weighted by molar-refractivity contribution is -0.169. The number of aromatic nitrogens is 2. The first kappa shape index (κ1) is 14.4. The predicted octanol–water partition coefficient (Wildman–Crippen LogP) is 2.88. The molecule has 4 rings (SSSR count). The second-order valence-electron chi connectivity index (χ2n) is 6.64. The van der Waals surface area contributed by atoms with Crippen molar-refractivity contribution in [2.45, 2.75) is 63.5 Å². The van der Waals surface area contributed by atoms with Gasteiger partial charge in [-0.15, -0.1) is 10.2 Å². The molecular formula is C15H22N4O2S. The fraction of sp³-hybridized carbons (Fsp3) is 0.800. The minimum atomic E-state index is -0.162. The lowest BCUT2D eigenvalue weighted by Crippen LogP contribution is -2.68. The SMILES string of the molecule is CCO[C@@H]1C[C@H](NC(=O)Nc2nnc(C3CC3)s2)C12CCC2. The molecule has 0 aromatic carbocycles. The van der Waals surface area contributed by atoms with Gasteiger partial charge in [-0.25, -0.2) is 4.79 Å². The van der Waals surface area contributed by atoms with Crippen molar-refractivity contribution in [3.63, 3.8) is 0 Å². The van der Waals surface area contributed by atoms with Crippen LogP contribution >= 0.6 is 11.3 Å². The first-order chi connectivity index (χ1) is 10.7. The van der Waals surface area contributed by atoms with Crippen LogP contribution in [0.1, 0.15) is 56.4 Å². The molecule has 0 unspecified atom stereocenters. The van der Waals surface area contributed by atoms with Gasteiger partial charge in [0.05, 0.1) is 6.10 Å². The second kappa shape index (κ2) is 5.45. The standard InChI is InChI=1S/C15H22N4O2S/c1-2-21-11-8-10(15(11)6-3-7-15)16-13(20)17-14-19-18-12(22-14)9-4-5-9/h9-11H,2-8H2,1H3,(H2,16,17,19,20)/t10-,11+/m0/s1. The Morgan fingerprint density at radius 1 is 1.41 bits per heavy atom. The maximum absolute atomic E-state index is 12.2. The number of anilines is 1. The van der Waals surface area contributed by atoms with Crippen molar-refractivity contribution in [3.05, 3.63) is 5.01 Å². The Morgan fingerprint density at radius 2 is 2.23 bits per heavy atom. The van der Waals surface area contributed by atoms with Crippen LogP contribution in [0.5, 0.6) is 0 Å². The first-order valence-electron chi connectivity index (χ1n) is 8.24. The molecule has 3 saturated carbocycles. The Hall–Kier alpha value is -1.21. The lowest BCUT2D eigenvalue weighted by Gasteiger charge is -2.60. The highest BCUT2D eigenvalue weighted by atomic mass is 32.1. The van der Waals surface area contributed by atoms with Crippen molar-refractivity contribution < 1.29 is 9.53 Å². The molecule has 1 aromatic heterocycles. The van der Waals surface area contributed by atoms with E-state index < -0.39 is 0 Å². The van der Waals surface area contributed by atoms with Gasteiger partial charge in [0.25, 0.3) is 0 Å². The molecule has 3 aliphatic carbocycles. The van der Waals surface area contributed by atoms with Gasteiger partial charge in [0.15, 0.2) is 0 Å². The summed E-state index contributed by atoms with van der Waals surface area (Å²) >= 11 is 1.49. The third kappa shape index (κ3) is 2.40. The Bertz CT molecular complexity index is 568. The number of carbonyl (C=O) groups is 1. The fourth-order valence-corrected chi connectivity index (χ4v) is 4.62. The van der Waals surface area contributed by atoms with E-state index in [0.29, 0.717) is 17.2 Å². The highest BCUT2D eigenvalue weighted by Gasteiger charge is 2.59. The van der Waals surface area contributed by atoms with E-state index in [-0.39, 0.29) is 17.5 Å². The summed E-state index contributed by atoms with van der Waals surface area (Å²) in [6.07, 6.45) is 7.20. The number of rotatable bonds is 5. The van der Waals surface area contributed by atoms with Gasteiger partial charge in [0, 0.05) is 24.0 Å². The highest BCUT2D eigenvalue weighted by Crippen LogP contribution is 2.57. The molecule has 2 atom stereocenters. The van der Waals surface area contributed by atoms with E-state index in [2.05, 4.69) is 20.8 Å². The van der Waals surface area contributed by atoms with Gasteiger partial charge < -0.3 is 10.1 Å². The van der Waals surface area contributed by atoms with Gasteiger partial charge in [-0.05, 0) is 39.0 Å². The van der Waals surface area contributed by atoms with Crippen molar-refractivity contribution in [3.8, 4) is 0 Å².